The molecule has 0 unspecified atom stereocenters. The minimum absolute atomic E-state index is 0.00516. The molecule has 0 aliphatic carbocycles. The zero-order valence-corrected chi connectivity index (χ0v) is 20.6. The zero-order valence-electron chi connectivity index (χ0n) is 19.8. The second kappa shape index (κ2) is 9.09. The molecule has 0 saturated carbocycles. The predicted octanol–water partition coefficient (Wildman–Crippen LogP) is 3.14. The minimum Gasteiger partial charge on any atom is -0.367 e. The number of carbonyl (C=O) groups excluding carboxylic acids is 1. The summed E-state index contributed by atoms with van der Waals surface area (Å²) >= 11 is 1.95. The van der Waals surface area contributed by atoms with E-state index in [0.717, 1.165) is 36.8 Å². The molecule has 9 heteroatoms. The summed E-state index contributed by atoms with van der Waals surface area (Å²) in [5.41, 5.74) is -0.124. The van der Waals surface area contributed by atoms with Gasteiger partial charge < -0.3 is 14.7 Å². The number of H-pyrrole nitrogens is 1. The fourth-order valence-electron chi connectivity index (χ4n) is 4.52. The van der Waals surface area contributed by atoms with Gasteiger partial charge in [-0.25, -0.2) is 9.31 Å². The second-order valence-electron chi connectivity index (χ2n) is 10.4. The number of hydrogen-bond donors (Lipinski definition) is 1. The number of fused-ring (bicyclic) bond motifs is 1. The third kappa shape index (κ3) is 4.83. The van der Waals surface area contributed by atoms with Crippen LogP contribution in [0.1, 0.15) is 52.8 Å². The van der Waals surface area contributed by atoms with Crippen LogP contribution in [0.15, 0.2) is 16.9 Å². The summed E-state index contributed by atoms with van der Waals surface area (Å²) in [6, 6.07) is 3.85. The molecule has 0 radical (unpaired) electrons. The lowest BCUT2D eigenvalue weighted by Crippen LogP contribution is -2.34. The Morgan fingerprint density at radius 1 is 1.25 bits per heavy atom. The van der Waals surface area contributed by atoms with Crippen molar-refractivity contribution in [1.82, 2.24) is 19.7 Å². The minimum atomic E-state index is -0.566. The van der Waals surface area contributed by atoms with E-state index >= 15 is 0 Å². The Morgan fingerprint density at radius 3 is 2.62 bits per heavy atom. The normalized spacial score (nSPS) is 22.8. The molecule has 2 fully saturated rings. The molecule has 4 heterocycles. The van der Waals surface area contributed by atoms with Gasteiger partial charge in [-0.05, 0) is 51.2 Å². The van der Waals surface area contributed by atoms with Gasteiger partial charge in [-0.2, -0.15) is 16.9 Å². The number of anilines is 1. The standard InChI is InChI=1S/C23H35N5O3S/c1-15(2)12-16-13-27(31-22(30)23(3,4)5)14-17(16)20-24-21(29)18-6-7-19(28(18)25-20)26-8-10-32-11-9-26/h6-7,15-17H,8-14H2,1-5H3,(H,24,25,29)/t16-,17-/m1/s1. The van der Waals surface area contributed by atoms with Crippen LogP contribution in [-0.4, -0.2) is 63.3 Å². The summed E-state index contributed by atoms with van der Waals surface area (Å²) in [6.07, 6.45) is 0.970. The van der Waals surface area contributed by atoms with Gasteiger partial charge in [0.05, 0.1) is 5.41 Å². The molecular weight excluding hydrogens is 426 g/mol. The summed E-state index contributed by atoms with van der Waals surface area (Å²) in [5.74, 6) is 4.29. The number of rotatable bonds is 5. The molecule has 0 amide bonds. The molecule has 8 nitrogen and oxygen atoms in total. The first-order valence-corrected chi connectivity index (χ1v) is 12.7. The first-order chi connectivity index (χ1) is 15.1. The number of nitrogens with zero attached hydrogens (tertiary/aromatic N) is 4. The maximum atomic E-state index is 12.9. The highest BCUT2D eigenvalue weighted by atomic mass is 32.2. The quantitative estimate of drug-likeness (QED) is 0.732. The first kappa shape index (κ1) is 23.2. The van der Waals surface area contributed by atoms with E-state index in [1.165, 1.54) is 0 Å². The number of hydrogen-bond acceptors (Lipinski definition) is 7. The van der Waals surface area contributed by atoms with Crippen LogP contribution in [0.3, 0.4) is 0 Å². The summed E-state index contributed by atoms with van der Waals surface area (Å²) in [6.45, 7) is 13.0. The molecule has 2 aromatic rings. The van der Waals surface area contributed by atoms with Gasteiger partial charge in [0.15, 0.2) is 0 Å². The number of carbonyl (C=O) groups is 1. The molecule has 1 N–H and O–H groups in total. The fraction of sp³-hybridized carbons (Fsp3) is 0.696. The van der Waals surface area contributed by atoms with Crippen molar-refractivity contribution in [3.05, 3.63) is 28.3 Å². The van der Waals surface area contributed by atoms with Crippen molar-refractivity contribution < 1.29 is 9.63 Å². The maximum Gasteiger partial charge on any atom is 0.330 e. The lowest BCUT2D eigenvalue weighted by molar-refractivity contribution is -0.196. The average Bonchev–Trinajstić information content (AvgIpc) is 3.32. The summed E-state index contributed by atoms with van der Waals surface area (Å²) in [4.78, 5) is 36.5. The zero-order chi connectivity index (χ0) is 23.0. The van der Waals surface area contributed by atoms with Gasteiger partial charge in [0.25, 0.3) is 5.56 Å². The van der Waals surface area contributed by atoms with E-state index in [0.29, 0.717) is 30.3 Å². The molecule has 0 bridgehead atoms. The van der Waals surface area contributed by atoms with Crippen molar-refractivity contribution in [1.29, 1.82) is 0 Å². The Hall–Kier alpha value is -2.00. The average molecular weight is 462 g/mol. The van der Waals surface area contributed by atoms with E-state index in [1.54, 1.807) is 9.58 Å². The van der Waals surface area contributed by atoms with Gasteiger partial charge in [-0.15, -0.1) is 5.06 Å². The Bertz CT molecular complexity index is 1020. The molecule has 2 saturated heterocycles. The number of nitrogens with one attached hydrogen (secondary N) is 1. The van der Waals surface area contributed by atoms with Crippen molar-refractivity contribution in [3.8, 4) is 0 Å². The van der Waals surface area contributed by atoms with Crippen LogP contribution in [0.25, 0.3) is 5.52 Å². The topological polar surface area (TPSA) is 82.9 Å². The third-order valence-corrected chi connectivity index (χ3v) is 7.15. The molecule has 2 aliphatic heterocycles. The summed E-state index contributed by atoms with van der Waals surface area (Å²) in [7, 11) is 0. The van der Waals surface area contributed by atoms with Gasteiger partial charge >= 0.3 is 5.97 Å². The number of hydroxylamine groups is 2. The van der Waals surface area contributed by atoms with Gasteiger partial charge in [0.2, 0.25) is 0 Å². The Labute approximate surface area is 193 Å². The Morgan fingerprint density at radius 2 is 1.97 bits per heavy atom. The fourth-order valence-corrected chi connectivity index (χ4v) is 5.42. The predicted molar refractivity (Wildman–Crippen MR) is 128 cm³/mol. The monoisotopic (exact) mass is 461 g/mol. The van der Waals surface area contributed by atoms with Gasteiger partial charge in [-0.1, -0.05) is 13.8 Å². The van der Waals surface area contributed by atoms with E-state index in [4.69, 9.17) is 9.94 Å². The Kier molecular flexibility index (Phi) is 6.58. The molecule has 0 aromatic carbocycles. The van der Waals surface area contributed by atoms with E-state index in [9.17, 15) is 9.59 Å². The molecule has 4 rings (SSSR count). The molecule has 32 heavy (non-hydrogen) atoms. The van der Waals surface area contributed by atoms with Crippen molar-refractivity contribution >= 4 is 29.1 Å². The molecule has 2 atom stereocenters. The van der Waals surface area contributed by atoms with Gasteiger partial charge in [0.1, 0.15) is 17.2 Å². The lowest BCUT2D eigenvalue weighted by atomic mass is 9.88. The summed E-state index contributed by atoms with van der Waals surface area (Å²) < 4.78 is 1.81. The van der Waals surface area contributed by atoms with E-state index in [1.807, 2.05) is 44.7 Å². The SMILES string of the molecule is CC(C)C[C@@H]1CN(OC(=O)C(C)(C)C)C[C@H]1c1nn2c(N3CCSCC3)ccc2c(=O)[nH]1. The largest absolute Gasteiger partial charge is 0.367 e. The summed E-state index contributed by atoms with van der Waals surface area (Å²) in [5, 5.41) is 6.68. The van der Waals surface area contributed by atoms with Crippen LogP contribution in [0.5, 0.6) is 0 Å². The van der Waals surface area contributed by atoms with Crippen LogP contribution in [0, 0.1) is 17.3 Å². The molecule has 2 aromatic heterocycles. The molecule has 2 aliphatic rings. The van der Waals surface area contributed by atoms with E-state index in [2.05, 4.69) is 23.7 Å². The molecular formula is C23H35N5O3S. The highest BCUT2D eigenvalue weighted by Gasteiger charge is 2.39. The van der Waals surface area contributed by atoms with Gasteiger partial charge in [0, 0.05) is 43.6 Å². The number of aromatic nitrogens is 3. The van der Waals surface area contributed by atoms with Crippen LogP contribution in [0.2, 0.25) is 0 Å². The van der Waals surface area contributed by atoms with Crippen LogP contribution >= 0.6 is 11.8 Å². The van der Waals surface area contributed by atoms with Crippen LogP contribution in [0.4, 0.5) is 5.82 Å². The maximum absolute atomic E-state index is 12.9. The van der Waals surface area contributed by atoms with Crippen LogP contribution in [-0.2, 0) is 9.63 Å². The van der Waals surface area contributed by atoms with Gasteiger partial charge in [-0.3, -0.25) is 4.79 Å². The molecule has 176 valence electrons. The van der Waals surface area contributed by atoms with E-state index in [-0.39, 0.29) is 23.4 Å². The third-order valence-electron chi connectivity index (χ3n) is 6.21. The van der Waals surface area contributed by atoms with Crippen molar-refractivity contribution in [3.63, 3.8) is 0 Å². The smallest absolute Gasteiger partial charge is 0.330 e. The highest BCUT2D eigenvalue weighted by Crippen LogP contribution is 2.36. The van der Waals surface area contributed by atoms with Crippen molar-refractivity contribution in [2.24, 2.45) is 17.3 Å². The molecule has 0 spiro atoms. The highest BCUT2D eigenvalue weighted by molar-refractivity contribution is 7.99. The second-order valence-corrected chi connectivity index (χ2v) is 11.6. The number of aromatic amines is 1. The van der Waals surface area contributed by atoms with Crippen molar-refractivity contribution in [2.45, 2.75) is 47.0 Å². The van der Waals surface area contributed by atoms with E-state index < -0.39 is 5.41 Å². The van der Waals surface area contributed by atoms with Crippen molar-refractivity contribution in [2.75, 3.05) is 42.6 Å². The first-order valence-electron chi connectivity index (χ1n) is 11.6. The van der Waals surface area contributed by atoms with Crippen LogP contribution < -0.4 is 10.5 Å². The lowest BCUT2D eigenvalue weighted by Gasteiger charge is -2.27. The number of thioether (sulfide) groups is 1. The Balaban J connectivity index is 1.65.